The van der Waals surface area contributed by atoms with Gasteiger partial charge in [0.15, 0.2) is 0 Å². The van der Waals surface area contributed by atoms with Gasteiger partial charge in [-0.1, -0.05) is 18.2 Å². The molecule has 0 saturated carbocycles. The predicted octanol–water partition coefficient (Wildman–Crippen LogP) is 2.59. The highest BCUT2D eigenvalue weighted by Gasteiger charge is 2.45. The van der Waals surface area contributed by atoms with Gasteiger partial charge >= 0.3 is 0 Å². The van der Waals surface area contributed by atoms with Crippen molar-refractivity contribution in [3.63, 3.8) is 0 Å². The summed E-state index contributed by atoms with van der Waals surface area (Å²) in [5, 5.41) is 0. The summed E-state index contributed by atoms with van der Waals surface area (Å²) in [6, 6.07) is 8.88. The highest BCUT2D eigenvalue weighted by molar-refractivity contribution is 7.89. The first-order chi connectivity index (χ1) is 12.6. The Morgan fingerprint density at radius 3 is 2.58 bits per heavy atom. The van der Waals surface area contributed by atoms with E-state index in [0.29, 0.717) is 18.0 Å². The average Bonchev–Trinajstić information content (AvgIpc) is 3.07. The second-order valence-corrected chi connectivity index (χ2v) is 10.2. The van der Waals surface area contributed by atoms with Gasteiger partial charge in [0.05, 0.1) is 4.90 Å². The van der Waals surface area contributed by atoms with E-state index in [2.05, 4.69) is 4.90 Å². The number of ether oxygens (including phenoxy) is 1. The molecule has 144 valence electrons. The molecule has 0 bridgehead atoms. The fourth-order valence-electron chi connectivity index (χ4n) is 4.93. The summed E-state index contributed by atoms with van der Waals surface area (Å²) in [5.41, 5.74) is 0.144. The quantitative estimate of drug-likeness (QED) is 0.808. The van der Waals surface area contributed by atoms with Crippen molar-refractivity contribution in [3.05, 3.63) is 30.3 Å². The van der Waals surface area contributed by atoms with Gasteiger partial charge in [0.2, 0.25) is 10.0 Å². The van der Waals surface area contributed by atoms with E-state index in [4.69, 9.17) is 4.74 Å². The maximum atomic E-state index is 13.0. The predicted molar refractivity (Wildman–Crippen MR) is 101 cm³/mol. The van der Waals surface area contributed by atoms with Crippen molar-refractivity contribution in [2.45, 2.75) is 37.0 Å². The molecule has 1 spiro atoms. The smallest absolute Gasteiger partial charge is 0.243 e. The van der Waals surface area contributed by atoms with Crippen molar-refractivity contribution in [1.29, 1.82) is 0 Å². The lowest BCUT2D eigenvalue weighted by atomic mass is 9.79. The highest BCUT2D eigenvalue weighted by atomic mass is 32.2. The summed E-state index contributed by atoms with van der Waals surface area (Å²) < 4.78 is 33.1. The molecule has 3 saturated heterocycles. The van der Waals surface area contributed by atoms with Crippen LogP contribution in [0.3, 0.4) is 0 Å². The molecule has 0 amide bonds. The van der Waals surface area contributed by atoms with Crippen LogP contribution in [0.2, 0.25) is 0 Å². The van der Waals surface area contributed by atoms with Gasteiger partial charge in [-0.05, 0) is 62.1 Å². The number of nitrogens with zero attached hydrogens (tertiary/aromatic N) is 2. The fraction of sp³-hybridized carbons (Fsp3) is 0.700. The lowest BCUT2D eigenvalue weighted by Crippen LogP contribution is -2.47. The van der Waals surface area contributed by atoms with Gasteiger partial charge < -0.3 is 9.64 Å². The van der Waals surface area contributed by atoms with E-state index in [1.807, 2.05) is 6.07 Å². The van der Waals surface area contributed by atoms with Crippen LogP contribution in [0.25, 0.3) is 0 Å². The SMILES string of the molecule is O=S(=O)(c1ccccc1)N1CCC2(CCCN(CC3CCOCC3)C2)C1. The minimum atomic E-state index is -3.36. The van der Waals surface area contributed by atoms with Crippen LogP contribution in [0.1, 0.15) is 32.1 Å². The molecule has 0 N–H and O–H groups in total. The topological polar surface area (TPSA) is 49.9 Å². The number of likely N-dealkylation sites (tertiary alicyclic amines) is 1. The molecule has 0 aliphatic carbocycles. The van der Waals surface area contributed by atoms with E-state index >= 15 is 0 Å². The van der Waals surface area contributed by atoms with Crippen LogP contribution in [0.15, 0.2) is 35.2 Å². The molecule has 1 aromatic rings. The molecule has 3 aliphatic rings. The number of piperidine rings is 1. The zero-order valence-corrected chi connectivity index (χ0v) is 16.3. The Balaban J connectivity index is 1.41. The third-order valence-corrected chi connectivity index (χ3v) is 8.24. The number of benzene rings is 1. The van der Waals surface area contributed by atoms with Crippen molar-refractivity contribution in [2.75, 3.05) is 45.9 Å². The summed E-state index contributed by atoms with van der Waals surface area (Å²) in [4.78, 5) is 3.02. The third-order valence-electron chi connectivity index (χ3n) is 6.38. The van der Waals surface area contributed by atoms with Crippen LogP contribution >= 0.6 is 0 Å². The second kappa shape index (κ2) is 7.58. The molecule has 0 radical (unpaired) electrons. The second-order valence-electron chi connectivity index (χ2n) is 8.30. The van der Waals surface area contributed by atoms with Gasteiger partial charge in [-0.2, -0.15) is 4.31 Å². The largest absolute Gasteiger partial charge is 0.381 e. The van der Waals surface area contributed by atoms with Gasteiger partial charge in [-0.15, -0.1) is 0 Å². The van der Waals surface area contributed by atoms with Crippen LogP contribution < -0.4 is 0 Å². The van der Waals surface area contributed by atoms with Crippen molar-refractivity contribution in [3.8, 4) is 0 Å². The molecule has 3 fully saturated rings. The number of hydrogen-bond acceptors (Lipinski definition) is 4. The van der Waals surface area contributed by atoms with Crippen molar-refractivity contribution < 1.29 is 13.2 Å². The first kappa shape index (κ1) is 18.4. The first-order valence-corrected chi connectivity index (χ1v) is 11.4. The first-order valence-electron chi connectivity index (χ1n) is 9.93. The van der Waals surface area contributed by atoms with Crippen LogP contribution in [0, 0.1) is 11.3 Å². The van der Waals surface area contributed by atoms with Crippen LogP contribution in [-0.2, 0) is 14.8 Å². The van der Waals surface area contributed by atoms with Crippen LogP contribution in [-0.4, -0.2) is 63.6 Å². The Morgan fingerprint density at radius 1 is 1.04 bits per heavy atom. The van der Waals surface area contributed by atoms with E-state index in [0.717, 1.165) is 64.4 Å². The Labute approximate surface area is 157 Å². The van der Waals surface area contributed by atoms with Gasteiger partial charge in [0.1, 0.15) is 0 Å². The lowest BCUT2D eigenvalue weighted by molar-refractivity contribution is 0.0327. The average molecular weight is 379 g/mol. The number of rotatable bonds is 4. The fourth-order valence-corrected chi connectivity index (χ4v) is 6.51. The lowest BCUT2D eigenvalue weighted by Gasteiger charge is -2.42. The van der Waals surface area contributed by atoms with E-state index < -0.39 is 10.0 Å². The molecule has 3 heterocycles. The van der Waals surface area contributed by atoms with Gasteiger partial charge in [0, 0.05) is 39.4 Å². The Kier molecular flexibility index (Phi) is 5.37. The molecule has 5 nitrogen and oxygen atoms in total. The minimum Gasteiger partial charge on any atom is -0.381 e. The Hall–Kier alpha value is -0.950. The Morgan fingerprint density at radius 2 is 1.81 bits per heavy atom. The molecule has 1 aromatic carbocycles. The van der Waals surface area contributed by atoms with Gasteiger partial charge in [-0.3, -0.25) is 0 Å². The molecule has 4 rings (SSSR count). The molecule has 26 heavy (non-hydrogen) atoms. The van der Waals surface area contributed by atoms with Crippen LogP contribution in [0.4, 0.5) is 0 Å². The monoisotopic (exact) mass is 378 g/mol. The third kappa shape index (κ3) is 3.84. The van der Waals surface area contributed by atoms with E-state index in [9.17, 15) is 8.42 Å². The van der Waals surface area contributed by atoms with Crippen LogP contribution in [0.5, 0.6) is 0 Å². The minimum absolute atomic E-state index is 0.144. The molecule has 1 unspecified atom stereocenters. The van der Waals surface area contributed by atoms with E-state index in [-0.39, 0.29) is 5.41 Å². The van der Waals surface area contributed by atoms with Crippen molar-refractivity contribution >= 4 is 10.0 Å². The molecular weight excluding hydrogens is 348 g/mol. The Bertz CT molecular complexity index is 703. The standard InChI is InChI=1S/C20H30N2O3S/c23-26(24,19-5-2-1-3-6-19)22-12-10-20(17-22)9-4-11-21(16-20)15-18-7-13-25-14-8-18/h1-3,5-6,18H,4,7-17H2. The summed E-state index contributed by atoms with van der Waals surface area (Å²) >= 11 is 0. The molecule has 3 aliphatic heterocycles. The number of hydrogen-bond donors (Lipinski definition) is 0. The zero-order valence-electron chi connectivity index (χ0n) is 15.5. The number of sulfonamides is 1. The maximum Gasteiger partial charge on any atom is 0.243 e. The summed E-state index contributed by atoms with van der Waals surface area (Å²) in [5.74, 6) is 0.740. The summed E-state index contributed by atoms with van der Waals surface area (Å²) in [7, 11) is -3.36. The molecule has 6 heteroatoms. The van der Waals surface area contributed by atoms with Crippen molar-refractivity contribution in [1.82, 2.24) is 9.21 Å². The zero-order chi connectivity index (χ0) is 18.0. The van der Waals surface area contributed by atoms with E-state index in [1.54, 1.807) is 28.6 Å². The van der Waals surface area contributed by atoms with Gasteiger partial charge in [0.25, 0.3) is 0 Å². The molecule has 0 aromatic heterocycles. The summed E-state index contributed by atoms with van der Waals surface area (Å²) in [6.45, 7) is 6.47. The summed E-state index contributed by atoms with van der Waals surface area (Å²) in [6.07, 6.45) is 5.65. The van der Waals surface area contributed by atoms with Crippen molar-refractivity contribution in [2.24, 2.45) is 11.3 Å². The molecule has 1 atom stereocenters. The maximum absolute atomic E-state index is 13.0. The highest BCUT2D eigenvalue weighted by Crippen LogP contribution is 2.41. The molecular formula is C20H30N2O3S. The van der Waals surface area contributed by atoms with Gasteiger partial charge in [-0.25, -0.2) is 8.42 Å². The van der Waals surface area contributed by atoms with E-state index in [1.165, 1.54) is 6.42 Å². The normalized spacial score (nSPS) is 29.4.